The van der Waals surface area contributed by atoms with Crippen LogP contribution in [0.1, 0.15) is 22.6 Å². The van der Waals surface area contributed by atoms with E-state index in [1.165, 1.54) is 0 Å². The lowest BCUT2D eigenvalue weighted by molar-refractivity contribution is -0.0171. The van der Waals surface area contributed by atoms with E-state index in [0.717, 1.165) is 43.3 Å². The molecule has 2 aliphatic heterocycles. The maximum atomic E-state index is 12.8. The molecule has 1 amide bonds. The lowest BCUT2D eigenvalue weighted by Gasteiger charge is -2.38. The highest BCUT2D eigenvalue weighted by atomic mass is 16.5. The molecule has 0 radical (unpaired) electrons. The van der Waals surface area contributed by atoms with Crippen molar-refractivity contribution in [2.75, 3.05) is 37.7 Å². The predicted octanol–water partition coefficient (Wildman–Crippen LogP) is 1.49. The summed E-state index contributed by atoms with van der Waals surface area (Å²) >= 11 is 0. The van der Waals surface area contributed by atoms with Gasteiger partial charge in [0.2, 0.25) is 0 Å². The van der Waals surface area contributed by atoms with Crippen LogP contribution >= 0.6 is 0 Å². The number of carbonyl (C=O) groups excluding carboxylic acids is 1. The van der Waals surface area contributed by atoms with Crippen molar-refractivity contribution in [3.05, 3.63) is 41.9 Å². The van der Waals surface area contributed by atoms with E-state index in [0.29, 0.717) is 19.1 Å². The second kappa shape index (κ2) is 7.07. The van der Waals surface area contributed by atoms with Gasteiger partial charge >= 0.3 is 0 Å². The van der Waals surface area contributed by atoms with E-state index in [-0.39, 0.29) is 12.0 Å². The summed E-state index contributed by atoms with van der Waals surface area (Å²) in [4.78, 5) is 17.0. The van der Waals surface area contributed by atoms with Gasteiger partial charge in [-0.2, -0.15) is 5.10 Å². The van der Waals surface area contributed by atoms with Crippen LogP contribution in [0.4, 0.5) is 5.82 Å². The molecule has 0 spiro atoms. The molecule has 2 aromatic rings. The number of ether oxygens (including phenoxy) is 1. The largest absolute Gasteiger partial charge is 0.374 e. The molecule has 0 N–H and O–H groups in total. The molecule has 4 rings (SSSR count). The Hall–Kier alpha value is -2.41. The zero-order chi connectivity index (χ0) is 18.1. The summed E-state index contributed by atoms with van der Waals surface area (Å²) < 4.78 is 7.99. The summed E-state index contributed by atoms with van der Waals surface area (Å²) in [6.07, 6.45) is 2.93. The lowest BCUT2D eigenvalue weighted by Crippen LogP contribution is -2.49. The Balaban J connectivity index is 1.44. The second-order valence-electron chi connectivity index (χ2n) is 7.19. The van der Waals surface area contributed by atoms with Crippen LogP contribution in [-0.2, 0) is 11.8 Å². The van der Waals surface area contributed by atoms with Crippen molar-refractivity contribution in [1.29, 1.82) is 0 Å². The van der Waals surface area contributed by atoms with Crippen molar-refractivity contribution in [3.8, 4) is 0 Å². The third-order valence-electron chi connectivity index (χ3n) is 5.40. The molecular weight excluding hydrogens is 330 g/mol. The van der Waals surface area contributed by atoms with E-state index >= 15 is 0 Å². The number of aromatic nitrogens is 3. The Labute approximate surface area is 153 Å². The minimum Gasteiger partial charge on any atom is -0.374 e. The number of likely N-dealkylation sites (tertiary alicyclic amines) is 1. The summed E-state index contributed by atoms with van der Waals surface area (Å²) in [5.74, 6) is 1.39. The SMILES string of the molecule is Cc1ccc(N2CCO[C@@H]3CN(C(=O)c4cccn4C)CC[C@@H]3C2)nn1. The molecule has 2 saturated heterocycles. The summed E-state index contributed by atoms with van der Waals surface area (Å²) in [6.45, 7) is 5.70. The molecule has 2 aliphatic rings. The fourth-order valence-corrected chi connectivity index (χ4v) is 3.85. The third-order valence-corrected chi connectivity index (χ3v) is 5.40. The summed E-state index contributed by atoms with van der Waals surface area (Å²) in [7, 11) is 1.91. The van der Waals surface area contributed by atoms with Gasteiger partial charge in [0.25, 0.3) is 5.91 Å². The van der Waals surface area contributed by atoms with Gasteiger partial charge in [-0.3, -0.25) is 4.79 Å². The molecule has 0 saturated carbocycles. The average molecular weight is 355 g/mol. The highest BCUT2D eigenvalue weighted by Crippen LogP contribution is 2.27. The average Bonchev–Trinajstić information content (AvgIpc) is 2.96. The zero-order valence-electron chi connectivity index (χ0n) is 15.3. The Kier molecular flexibility index (Phi) is 4.63. The van der Waals surface area contributed by atoms with Gasteiger partial charge in [0.15, 0.2) is 5.82 Å². The van der Waals surface area contributed by atoms with Crippen LogP contribution in [0.3, 0.4) is 0 Å². The standard InChI is InChI=1S/C19H25N5O2/c1-14-5-6-18(21-20-14)23-10-11-26-17-13-24(9-7-15(17)12-23)19(25)16-4-3-8-22(16)2/h3-6,8,15,17H,7,9-13H2,1-2H3/t15-,17-/m1/s1. The van der Waals surface area contributed by atoms with Gasteiger partial charge in [-0.25, -0.2) is 0 Å². The lowest BCUT2D eigenvalue weighted by atomic mass is 9.93. The molecule has 138 valence electrons. The van der Waals surface area contributed by atoms with E-state index in [1.54, 1.807) is 0 Å². The van der Waals surface area contributed by atoms with Gasteiger partial charge in [0, 0.05) is 45.3 Å². The van der Waals surface area contributed by atoms with Crippen LogP contribution in [0.2, 0.25) is 0 Å². The molecule has 26 heavy (non-hydrogen) atoms. The van der Waals surface area contributed by atoms with E-state index in [2.05, 4.69) is 15.1 Å². The number of piperidine rings is 1. The number of hydrogen-bond donors (Lipinski definition) is 0. The van der Waals surface area contributed by atoms with Crippen molar-refractivity contribution in [2.45, 2.75) is 19.4 Å². The zero-order valence-corrected chi connectivity index (χ0v) is 15.3. The highest BCUT2D eigenvalue weighted by Gasteiger charge is 2.36. The monoisotopic (exact) mass is 355 g/mol. The van der Waals surface area contributed by atoms with Crippen molar-refractivity contribution < 1.29 is 9.53 Å². The van der Waals surface area contributed by atoms with Gasteiger partial charge < -0.3 is 19.1 Å². The van der Waals surface area contributed by atoms with Crippen LogP contribution in [0.25, 0.3) is 0 Å². The smallest absolute Gasteiger partial charge is 0.270 e. The maximum absolute atomic E-state index is 12.8. The quantitative estimate of drug-likeness (QED) is 0.817. The number of aryl methyl sites for hydroxylation is 2. The van der Waals surface area contributed by atoms with E-state index < -0.39 is 0 Å². The fraction of sp³-hybridized carbons (Fsp3) is 0.526. The molecule has 2 atom stereocenters. The molecular formula is C19H25N5O2. The maximum Gasteiger partial charge on any atom is 0.270 e. The molecule has 7 nitrogen and oxygen atoms in total. The Bertz CT molecular complexity index is 772. The molecule has 4 heterocycles. The van der Waals surface area contributed by atoms with Crippen molar-refractivity contribution in [3.63, 3.8) is 0 Å². The summed E-state index contributed by atoms with van der Waals surface area (Å²) in [5, 5.41) is 8.49. The molecule has 0 aromatic carbocycles. The second-order valence-corrected chi connectivity index (χ2v) is 7.19. The Morgan fingerprint density at radius 3 is 2.81 bits per heavy atom. The van der Waals surface area contributed by atoms with Crippen LogP contribution in [-0.4, -0.2) is 64.5 Å². The number of amides is 1. The van der Waals surface area contributed by atoms with Crippen LogP contribution < -0.4 is 4.90 Å². The van der Waals surface area contributed by atoms with Gasteiger partial charge in [-0.1, -0.05) is 0 Å². The van der Waals surface area contributed by atoms with Gasteiger partial charge in [0.1, 0.15) is 5.69 Å². The molecule has 2 fully saturated rings. The minimum atomic E-state index is 0.0800. The number of anilines is 1. The number of fused-ring (bicyclic) bond motifs is 1. The minimum absolute atomic E-state index is 0.0800. The number of nitrogens with zero attached hydrogens (tertiary/aromatic N) is 5. The van der Waals surface area contributed by atoms with Gasteiger partial charge in [-0.05, 0) is 37.6 Å². The van der Waals surface area contributed by atoms with Crippen molar-refractivity contribution >= 4 is 11.7 Å². The first-order valence-electron chi connectivity index (χ1n) is 9.19. The predicted molar refractivity (Wildman–Crippen MR) is 98.1 cm³/mol. The van der Waals surface area contributed by atoms with Crippen LogP contribution in [0, 0.1) is 12.8 Å². The summed E-state index contributed by atoms with van der Waals surface area (Å²) in [6, 6.07) is 7.80. The third kappa shape index (κ3) is 3.31. The van der Waals surface area contributed by atoms with Crippen LogP contribution in [0.15, 0.2) is 30.5 Å². The van der Waals surface area contributed by atoms with Crippen molar-refractivity contribution in [2.24, 2.45) is 13.0 Å². The Morgan fingerprint density at radius 2 is 2.08 bits per heavy atom. The topological polar surface area (TPSA) is 63.5 Å². The van der Waals surface area contributed by atoms with Crippen LogP contribution in [0.5, 0.6) is 0 Å². The van der Waals surface area contributed by atoms with Gasteiger partial charge in [0.05, 0.1) is 18.4 Å². The molecule has 0 bridgehead atoms. The molecule has 2 aromatic heterocycles. The fourth-order valence-electron chi connectivity index (χ4n) is 3.85. The first kappa shape index (κ1) is 17.0. The number of carbonyl (C=O) groups is 1. The normalized spacial score (nSPS) is 23.5. The first-order valence-corrected chi connectivity index (χ1v) is 9.19. The summed E-state index contributed by atoms with van der Waals surface area (Å²) in [5.41, 5.74) is 1.65. The first-order chi connectivity index (χ1) is 12.6. The molecule has 0 aliphatic carbocycles. The van der Waals surface area contributed by atoms with E-state index in [9.17, 15) is 4.79 Å². The number of hydrogen-bond acceptors (Lipinski definition) is 5. The molecule has 7 heteroatoms. The Morgan fingerprint density at radius 1 is 1.19 bits per heavy atom. The molecule has 0 unspecified atom stereocenters. The number of rotatable bonds is 2. The van der Waals surface area contributed by atoms with Crippen molar-refractivity contribution in [1.82, 2.24) is 19.7 Å². The highest BCUT2D eigenvalue weighted by molar-refractivity contribution is 5.92. The van der Waals surface area contributed by atoms with Gasteiger partial charge in [-0.15, -0.1) is 5.10 Å². The van der Waals surface area contributed by atoms with E-state index in [4.69, 9.17) is 4.74 Å². The van der Waals surface area contributed by atoms with E-state index in [1.807, 2.05) is 53.9 Å².